The average molecular weight is 521 g/mol. The van der Waals surface area contributed by atoms with E-state index in [-0.39, 0.29) is 11.2 Å². The number of aromatic nitrogens is 4. The maximum atomic E-state index is 14.4. The lowest BCUT2D eigenvalue weighted by Gasteiger charge is -2.24. The first-order chi connectivity index (χ1) is 18.1. The fourth-order valence-electron chi connectivity index (χ4n) is 4.70. The Hall–Kier alpha value is -4.08. The standard InChI is InChI=1S/C28H30F2N6O2/c1-5-28(3,4)35-16-18-21(32-35)9-10-22(25(18)34-14-13-17(2)15-34)31-27(38)23-11-12-24(37)36(33-23)26-19(29)7-6-8-20(26)30/h6-12,16-17H,5,13-15H2,1-4H3,(H,31,38)/t17-/m1/s1. The molecule has 1 aliphatic rings. The van der Waals surface area contributed by atoms with Gasteiger partial charge in [0.1, 0.15) is 11.4 Å². The van der Waals surface area contributed by atoms with Crippen LogP contribution in [0.3, 0.4) is 0 Å². The first kappa shape index (κ1) is 25.6. The minimum atomic E-state index is -0.958. The third-order valence-electron chi connectivity index (χ3n) is 7.32. The van der Waals surface area contributed by atoms with E-state index < -0.39 is 28.8 Å². The van der Waals surface area contributed by atoms with Gasteiger partial charge in [-0.1, -0.05) is 19.9 Å². The summed E-state index contributed by atoms with van der Waals surface area (Å²) in [4.78, 5) is 28.0. The summed E-state index contributed by atoms with van der Waals surface area (Å²) in [5, 5.41) is 12.6. The number of nitrogens with zero attached hydrogens (tertiary/aromatic N) is 5. The van der Waals surface area contributed by atoms with E-state index in [1.807, 2.05) is 16.9 Å². The van der Waals surface area contributed by atoms with E-state index in [1.165, 1.54) is 12.1 Å². The molecule has 0 aliphatic carbocycles. The molecule has 3 heterocycles. The topological polar surface area (TPSA) is 85.0 Å². The van der Waals surface area contributed by atoms with Gasteiger partial charge < -0.3 is 10.2 Å². The smallest absolute Gasteiger partial charge is 0.276 e. The van der Waals surface area contributed by atoms with Crippen molar-refractivity contribution in [2.45, 2.75) is 46.1 Å². The zero-order valence-electron chi connectivity index (χ0n) is 21.8. The second kappa shape index (κ2) is 9.66. The number of nitrogens with one attached hydrogen (secondary N) is 1. The molecule has 1 amide bonds. The van der Waals surface area contributed by atoms with Crippen LogP contribution in [0.4, 0.5) is 20.2 Å². The third kappa shape index (κ3) is 4.55. The molecule has 1 atom stereocenters. The summed E-state index contributed by atoms with van der Waals surface area (Å²) in [6, 6.07) is 9.22. The zero-order valence-corrected chi connectivity index (χ0v) is 21.8. The van der Waals surface area contributed by atoms with Crippen LogP contribution in [-0.2, 0) is 5.54 Å². The Morgan fingerprint density at radius 1 is 1.08 bits per heavy atom. The molecule has 2 aromatic heterocycles. The van der Waals surface area contributed by atoms with E-state index in [4.69, 9.17) is 5.10 Å². The van der Waals surface area contributed by atoms with E-state index in [9.17, 15) is 18.4 Å². The van der Waals surface area contributed by atoms with Crippen LogP contribution >= 0.6 is 0 Å². The normalized spacial score (nSPS) is 15.8. The number of hydrogen-bond acceptors (Lipinski definition) is 5. The summed E-state index contributed by atoms with van der Waals surface area (Å²) in [6.45, 7) is 10.2. The lowest BCUT2D eigenvalue weighted by Crippen LogP contribution is -2.27. The highest BCUT2D eigenvalue weighted by molar-refractivity contribution is 6.08. The van der Waals surface area contributed by atoms with Gasteiger partial charge in [0.25, 0.3) is 11.5 Å². The van der Waals surface area contributed by atoms with Crippen molar-refractivity contribution in [2.24, 2.45) is 5.92 Å². The largest absolute Gasteiger partial charge is 0.369 e. The van der Waals surface area contributed by atoms with Gasteiger partial charge in [0.05, 0.1) is 22.4 Å². The van der Waals surface area contributed by atoms with Crippen molar-refractivity contribution >= 4 is 28.2 Å². The van der Waals surface area contributed by atoms with Crippen molar-refractivity contribution < 1.29 is 13.6 Å². The van der Waals surface area contributed by atoms with Crippen LogP contribution in [0.5, 0.6) is 0 Å². The highest BCUT2D eigenvalue weighted by atomic mass is 19.1. The van der Waals surface area contributed by atoms with Gasteiger partial charge in [0.2, 0.25) is 0 Å². The molecule has 0 saturated carbocycles. The molecule has 0 radical (unpaired) electrons. The number of benzene rings is 2. The van der Waals surface area contributed by atoms with Gasteiger partial charge in [-0.15, -0.1) is 0 Å². The Kier molecular flexibility index (Phi) is 6.50. The second-order valence-electron chi connectivity index (χ2n) is 10.5. The number of para-hydroxylation sites is 1. The lowest BCUT2D eigenvalue weighted by molar-refractivity contribution is 0.102. The number of carbonyl (C=O) groups is 1. The van der Waals surface area contributed by atoms with Crippen molar-refractivity contribution in [3.8, 4) is 5.69 Å². The fraction of sp³-hybridized carbons (Fsp3) is 0.357. The number of halogens is 2. The minimum absolute atomic E-state index is 0.157. The molecule has 198 valence electrons. The Balaban J connectivity index is 1.56. The van der Waals surface area contributed by atoms with Gasteiger partial charge in [-0.3, -0.25) is 14.3 Å². The molecule has 8 nitrogen and oxygen atoms in total. The second-order valence-corrected chi connectivity index (χ2v) is 10.5. The van der Waals surface area contributed by atoms with Crippen LogP contribution in [0.2, 0.25) is 0 Å². The predicted molar refractivity (Wildman–Crippen MR) is 143 cm³/mol. The summed E-state index contributed by atoms with van der Waals surface area (Å²) in [6.07, 6.45) is 3.94. The number of fused-ring (bicyclic) bond motifs is 1. The molecule has 0 unspecified atom stereocenters. The number of rotatable bonds is 6. The molecule has 4 aromatic rings. The molecule has 1 N–H and O–H groups in total. The van der Waals surface area contributed by atoms with Crippen LogP contribution in [0, 0.1) is 17.6 Å². The Labute approximate surface area is 218 Å². The highest BCUT2D eigenvalue weighted by Gasteiger charge is 2.27. The van der Waals surface area contributed by atoms with Gasteiger partial charge >= 0.3 is 0 Å². The maximum absolute atomic E-state index is 14.4. The molecule has 10 heteroatoms. The Morgan fingerprint density at radius 2 is 1.82 bits per heavy atom. The molecule has 5 rings (SSSR count). The van der Waals surface area contributed by atoms with E-state index in [0.717, 1.165) is 60.7 Å². The summed E-state index contributed by atoms with van der Waals surface area (Å²) < 4.78 is 31.3. The van der Waals surface area contributed by atoms with Crippen LogP contribution in [-0.4, -0.2) is 38.6 Å². The molecule has 2 aromatic carbocycles. The van der Waals surface area contributed by atoms with Crippen LogP contribution in [0.15, 0.2) is 53.5 Å². The van der Waals surface area contributed by atoms with Crippen molar-refractivity contribution in [1.29, 1.82) is 0 Å². The van der Waals surface area contributed by atoms with Gasteiger partial charge in [-0.2, -0.15) is 14.9 Å². The van der Waals surface area contributed by atoms with Crippen LogP contribution in [0.1, 0.15) is 51.0 Å². The monoisotopic (exact) mass is 520 g/mol. The van der Waals surface area contributed by atoms with Crippen LogP contribution < -0.4 is 15.8 Å². The highest BCUT2D eigenvalue weighted by Crippen LogP contribution is 2.38. The third-order valence-corrected chi connectivity index (χ3v) is 7.32. The summed E-state index contributed by atoms with van der Waals surface area (Å²) in [7, 11) is 0. The minimum Gasteiger partial charge on any atom is -0.369 e. The van der Waals surface area contributed by atoms with Gasteiger partial charge in [0, 0.05) is 30.7 Å². The van der Waals surface area contributed by atoms with Crippen molar-refractivity contribution in [2.75, 3.05) is 23.3 Å². The number of anilines is 2. The Bertz CT molecular complexity index is 1570. The predicted octanol–water partition coefficient (Wildman–Crippen LogP) is 5.10. The van der Waals surface area contributed by atoms with E-state index >= 15 is 0 Å². The molecule has 38 heavy (non-hydrogen) atoms. The summed E-state index contributed by atoms with van der Waals surface area (Å²) in [5.74, 6) is -2.03. The maximum Gasteiger partial charge on any atom is 0.276 e. The molecule has 1 aliphatic heterocycles. The van der Waals surface area contributed by atoms with Crippen LogP contribution in [0.25, 0.3) is 16.6 Å². The molecular formula is C28H30F2N6O2. The summed E-state index contributed by atoms with van der Waals surface area (Å²) in [5.41, 5.74) is 0.527. The first-order valence-electron chi connectivity index (χ1n) is 12.7. The molecule has 1 saturated heterocycles. The van der Waals surface area contributed by atoms with E-state index in [1.54, 1.807) is 6.07 Å². The van der Waals surface area contributed by atoms with Crippen molar-refractivity contribution in [3.05, 3.63) is 76.3 Å². The Morgan fingerprint density at radius 3 is 2.47 bits per heavy atom. The van der Waals surface area contributed by atoms with Gasteiger partial charge in [-0.05, 0) is 62.9 Å². The number of carbonyl (C=O) groups excluding carboxylic acids is 1. The van der Waals surface area contributed by atoms with Gasteiger partial charge in [0.15, 0.2) is 11.6 Å². The first-order valence-corrected chi connectivity index (χ1v) is 12.7. The van der Waals surface area contributed by atoms with Crippen molar-refractivity contribution in [3.63, 3.8) is 0 Å². The molecule has 0 bridgehead atoms. The lowest BCUT2D eigenvalue weighted by atomic mass is 10.0. The van der Waals surface area contributed by atoms with E-state index in [0.29, 0.717) is 16.3 Å². The molecule has 1 fully saturated rings. The SMILES string of the molecule is CCC(C)(C)n1cc2c(N3CC[C@@H](C)C3)c(NC(=O)c3ccc(=O)n(-c4c(F)cccc4F)n3)ccc2n1. The fourth-order valence-corrected chi connectivity index (χ4v) is 4.70. The quantitative estimate of drug-likeness (QED) is 0.382. The number of amides is 1. The molecular weight excluding hydrogens is 490 g/mol. The summed E-state index contributed by atoms with van der Waals surface area (Å²) >= 11 is 0. The number of hydrogen-bond donors (Lipinski definition) is 1. The van der Waals surface area contributed by atoms with Crippen molar-refractivity contribution in [1.82, 2.24) is 19.6 Å². The van der Waals surface area contributed by atoms with Gasteiger partial charge in [-0.25, -0.2) is 8.78 Å². The average Bonchev–Trinajstić information content (AvgIpc) is 3.51. The zero-order chi connectivity index (χ0) is 27.2. The molecule has 0 spiro atoms. The van der Waals surface area contributed by atoms with E-state index in [2.05, 4.69) is 43.0 Å².